The summed E-state index contributed by atoms with van der Waals surface area (Å²) in [7, 11) is 0. The molecule has 120 valence electrons. The Morgan fingerprint density at radius 2 is 1.96 bits per heavy atom. The van der Waals surface area contributed by atoms with E-state index in [0.29, 0.717) is 23.7 Å². The van der Waals surface area contributed by atoms with E-state index in [4.69, 9.17) is 10.7 Å². The Morgan fingerprint density at radius 3 is 2.61 bits per heavy atom. The molecule has 0 bridgehead atoms. The second kappa shape index (κ2) is 5.81. The van der Waals surface area contributed by atoms with Crippen LogP contribution in [0.5, 0.6) is 0 Å². The van der Waals surface area contributed by atoms with Crippen LogP contribution in [0.15, 0.2) is 18.2 Å². The molecule has 0 unspecified atom stereocenters. The summed E-state index contributed by atoms with van der Waals surface area (Å²) in [5.74, 6) is -0.00698. The lowest BCUT2D eigenvalue weighted by atomic mass is 10.0. The monoisotopic (exact) mass is 327 g/mol. The van der Waals surface area contributed by atoms with E-state index in [-0.39, 0.29) is 5.91 Å². The first-order valence-electron chi connectivity index (χ1n) is 7.86. The number of nitrogens with two attached hydrogens (primary N) is 1. The number of amides is 1. The van der Waals surface area contributed by atoms with Crippen molar-refractivity contribution in [2.75, 3.05) is 18.8 Å². The van der Waals surface area contributed by atoms with Crippen LogP contribution in [-0.4, -0.2) is 28.9 Å². The van der Waals surface area contributed by atoms with E-state index >= 15 is 0 Å². The summed E-state index contributed by atoms with van der Waals surface area (Å²) in [5, 5.41) is 1.94. The molecule has 4 nitrogen and oxygen atoms in total. The van der Waals surface area contributed by atoms with E-state index in [2.05, 4.69) is 32.0 Å². The minimum Gasteiger partial charge on any atom is -0.397 e. The van der Waals surface area contributed by atoms with Gasteiger partial charge < -0.3 is 10.6 Å². The van der Waals surface area contributed by atoms with Crippen molar-refractivity contribution in [3.8, 4) is 0 Å². The number of carbonyl (C=O) groups excluding carboxylic acids is 1. The first kappa shape index (κ1) is 15.7. The van der Waals surface area contributed by atoms with Crippen LogP contribution in [0.25, 0.3) is 21.1 Å². The zero-order valence-corrected chi connectivity index (χ0v) is 14.8. The Bertz CT molecular complexity index is 910. The molecule has 2 heterocycles. The molecule has 1 amide bonds. The Kier molecular flexibility index (Phi) is 3.98. The summed E-state index contributed by atoms with van der Waals surface area (Å²) in [5.41, 5.74) is 10.2. The molecule has 0 saturated heterocycles. The van der Waals surface area contributed by atoms with Crippen LogP contribution < -0.4 is 5.73 Å². The molecule has 5 heteroatoms. The van der Waals surface area contributed by atoms with Crippen LogP contribution in [0.3, 0.4) is 0 Å². The Labute approximate surface area is 139 Å². The highest BCUT2D eigenvalue weighted by Crippen LogP contribution is 2.36. The topological polar surface area (TPSA) is 59.2 Å². The Morgan fingerprint density at radius 1 is 1.26 bits per heavy atom. The maximum Gasteiger partial charge on any atom is 0.266 e. The van der Waals surface area contributed by atoms with Crippen molar-refractivity contribution in [1.82, 2.24) is 9.88 Å². The van der Waals surface area contributed by atoms with Gasteiger partial charge in [0.05, 0.1) is 11.2 Å². The number of nitrogen functional groups attached to an aromatic ring is 1. The molecule has 0 atom stereocenters. The average Bonchev–Trinajstić information content (AvgIpc) is 2.87. The number of aryl methyl sites for hydroxylation is 2. The fourth-order valence-corrected chi connectivity index (χ4v) is 3.87. The third kappa shape index (κ3) is 2.45. The zero-order chi connectivity index (χ0) is 16.7. The molecule has 2 aromatic heterocycles. The number of nitrogens with zero attached hydrogens (tertiary/aromatic N) is 2. The third-order valence-corrected chi connectivity index (χ3v) is 5.56. The molecule has 0 fully saturated rings. The van der Waals surface area contributed by atoms with Crippen LogP contribution in [0.2, 0.25) is 0 Å². The largest absolute Gasteiger partial charge is 0.397 e. The minimum absolute atomic E-state index is 0.00698. The van der Waals surface area contributed by atoms with Crippen LogP contribution in [0.1, 0.15) is 34.6 Å². The van der Waals surface area contributed by atoms with Gasteiger partial charge in [0, 0.05) is 23.9 Å². The Balaban J connectivity index is 2.24. The summed E-state index contributed by atoms with van der Waals surface area (Å²) in [6.07, 6.45) is 0. The van der Waals surface area contributed by atoms with E-state index in [1.54, 1.807) is 4.90 Å². The molecular formula is C18H21N3OS. The van der Waals surface area contributed by atoms with Gasteiger partial charge in [0.1, 0.15) is 9.71 Å². The maximum absolute atomic E-state index is 12.6. The standard InChI is InChI=1S/C18H21N3OS/c1-5-21(6-2)18(22)16-14(19)13-9-12-8-7-10(3)11(4)15(12)20-17(13)23-16/h7-9H,5-6,19H2,1-4H3. The van der Waals surface area contributed by atoms with Crippen LogP contribution >= 0.6 is 11.3 Å². The molecule has 0 aliphatic heterocycles. The van der Waals surface area contributed by atoms with Crippen molar-refractivity contribution in [2.24, 2.45) is 0 Å². The quantitative estimate of drug-likeness (QED) is 0.787. The molecular weight excluding hydrogens is 306 g/mol. The molecule has 0 radical (unpaired) electrons. The number of hydrogen-bond donors (Lipinski definition) is 1. The molecule has 3 aromatic rings. The van der Waals surface area contributed by atoms with Crippen molar-refractivity contribution in [1.29, 1.82) is 0 Å². The van der Waals surface area contributed by atoms with Gasteiger partial charge in [0.15, 0.2) is 0 Å². The van der Waals surface area contributed by atoms with E-state index < -0.39 is 0 Å². The summed E-state index contributed by atoms with van der Waals surface area (Å²) < 4.78 is 0. The summed E-state index contributed by atoms with van der Waals surface area (Å²) in [6.45, 7) is 9.47. The van der Waals surface area contributed by atoms with Crippen molar-refractivity contribution < 1.29 is 4.79 Å². The fraction of sp³-hybridized carbons (Fsp3) is 0.333. The molecule has 0 spiro atoms. The zero-order valence-electron chi connectivity index (χ0n) is 13.9. The molecule has 1 aromatic carbocycles. The summed E-state index contributed by atoms with van der Waals surface area (Å²) in [6, 6.07) is 6.21. The van der Waals surface area contributed by atoms with E-state index in [0.717, 1.165) is 21.1 Å². The van der Waals surface area contributed by atoms with Crippen molar-refractivity contribution >= 4 is 44.1 Å². The molecule has 2 N–H and O–H groups in total. The molecule has 3 rings (SSSR count). The van der Waals surface area contributed by atoms with Gasteiger partial charge in [0.25, 0.3) is 5.91 Å². The average molecular weight is 327 g/mol. The number of hydrogen-bond acceptors (Lipinski definition) is 4. The fourth-order valence-electron chi connectivity index (χ4n) is 2.82. The Hall–Kier alpha value is -2.14. The third-order valence-electron chi connectivity index (χ3n) is 4.46. The van der Waals surface area contributed by atoms with Gasteiger partial charge >= 0.3 is 0 Å². The first-order valence-corrected chi connectivity index (χ1v) is 8.67. The number of fused-ring (bicyclic) bond motifs is 2. The van der Waals surface area contributed by atoms with Crippen molar-refractivity contribution in [3.63, 3.8) is 0 Å². The molecule has 0 aliphatic rings. The smallest absolute Gasteiger partial charge is 0.266 e. The van der Waals surface area contributed by atoms with Gasteiger partial charge in [-0.1, -0.05) is 12.1 Å². The predicted molar refractivity (Wildman–Crippen MR) is 98.3 cm³/mol. The first-order chi connectivity index (χ1) is 11.0. The normalized spacial score (nSPS) is 11.3. The summed E-state index contributed by atoms with van der Waals surface area (Å²) in [4.78, 5) is 20.6. The van der Waals surface area contributed by atoms with E-state index in [1.807, 2.05) is 13.8 Å². The lowest BCUT2D eigenvalue weighted by molar-refractivity contribution is 0.0779. The number of benzene rings is 1. The highest BCUT2D eigenvalue weighted by molar-refractivity contribution is 7.21. The second-order valence-electron chi connectivity index (χ2n) is 5.74. The van der Waals surface area contributed by atoms with Crippen LogP contribution in [-0.2, 0) is 0 Å². The number of thiophene rings is 1. The van der Waals surface area contributed by atoms with E-state index in [9.17, 15) is 4.79 Å². The van der Waals surface area contributed by atoms with Crippen LogP contribution in [0.4, 0.5) is 5.69 Å². The SMILES string of the molecule is CCN(CC)C(=O)c1sc2nc3c(C)c(C)ccc3cc2c1N. The van der Waals surface area contributed by atoms with Gasteiger partial charge in [-0.3, -0.25) is 4.79 Å². The van der Waals surface area contributed by atoms with Gasteiger partial charge in [-0.25, -0.2) is 4.98 Å². The van der Waals surface area contributed by atoms with Gasteiger partial charge in [0.2, 0.25) is 0 Å². The maximum atomic E-state index is 12.6. The lowest BCUT2D eigenvalue weighted by Crippen LogP contribution is -2.30. The molecule has 0 saturated carbocycles. The van der Waals surface area contributed by atoms with Gasteiger partial charge in [-0.05, 0) is 44.9 Å². The minimum atomic E-state index is -0.00698. The van der Waals surface area contributed by atoms with Crippen molar-refractivity contribution in [2.45, 2.75) is 27.7 Å². The highest BCUT2D eigenvalue weighted by Gasteiger charge is 2.21. The predicted octanol–water partition coefficient (Wildman–Crippen LogP) is 4.13. The number of rotatable bonds is 3. The second-order valence-corrected chi connectivity index (χ2v) is 6.74. The van der Waals surface area contributed by atoms with Crippen LogP contribution in [0, 0.1) is 13.8 Å². The lowest BCUT2D eigenvalue weighted by Gasteiger charge is -2.17. The van der Waals surface area contributed by atoms with Gasteiger partial charge in [-0.15, -0.1) is 11.3 Å². The molecule has 23 heavy (non-hydrogen) atoms. The van der Waals surface area contributed by atoms with Crippen molar-refractivity contribution in [3.05, 3.63) is 34.2 Å². The number of carbonyl (C=O) groups is 1. The van der Waals surface area contributed by atoms with Gasteiger partial charge in [-0.2, -0.15) is 0 Å². The molecule has 0 aliphatic carbocycles. The number of aromatic nitrogens is 1. The van der Waals surface area contributed by atoms with E-state index in [1.165, 1.54) is 22.5 Å². The highest BCUT2D eigenvalue weighted by atomic mass is 32.1. The number of pyridine rings is 1. The number of anilines is 1. The summed E-state index contributed by atoms with van der Waals surface area (Å²) >= 11 is 1.39.